The third kappa shape index (κ3) is 2.69. The van der Waals surface area contributed by atoms with Gasteiger partial charge in [-0.1, -0.05) is 0 Å². The molecule has 5 nitrogen and oxygen atoms in total. The molecular weight excluding hydrogens is 274 g/mol. The SMILES string of the molecule is O=C(O)COc1ccc(-c2csc(=S)n2O)cc1. The first kappa shape index (κ1) is 12.6. The lowest BCUT2D eigenvalue weighted by atomic mass is 10.2. The number of nitrogens with zero attached hydrogens (tertiary/aromatic N) is 1. The maximum Gasteiger partial charge on any atom is 0.341 e. The fraction of sp³-hybridized carbons (Fsp3) is 0.0909. The Morgan fingerprint density at radius 1 is 1.39 bits per heavy atom. The van der Waals surface area contributed by atoms with Crippen molar-refractivity contribution in [2.45, 2.75) is 0 Å². The Balaban J connectivity index is 2.20. The first-order valence-electron chi connectivity index (χ1n) is 4.93. The van der Waals surface area contributed by atoms with E-state index in [0.717, 1.165) is 10.3 Å². The van der Waals surface area contributed by atoms with Gasteiger partial charge in [0.15, 0.2) is 10.6 Å². The second-order valence-corrected chi connectivity index (χ2v) is 4.91. The average Bonchev–Trinajstić information content (AvgIpc) is 2.68. The highest BCUT2D eigenvalue weighted by molar-refractivity contribution is 7.73. The predicted octanol–water partition coefficient (Wildman–Crippen LogP) is 2.65. The molecule has 0 aliphatic rings. The number of hydrogen-bond donors (Lipinski definition) is 2. The van der Waals surface area contributed by atoms with Gasteiger partial charge in [0.25, 0.3) is 0 Å². The van der Waals surface area contributed by atoms with Crippen LogP contribution in [-0.2, 0) is 4.79 Å². The first-order chi connectivity index (χ1) is 8.58. The summed E-state index contributed by atoms with van der Waals surface area (Å²) in [6.45, 7) is -0.381. The second-order valence-electron chi connectivity index (χ2n) is 3.41. The molecule has 7 heteroatoms. The van der Waals surface area contributed by atoms with E-state index in [4.69, 9.17) is 22.1 Å². The van der Waals surface area contributed by atoms with Crippen molar-refractivity contribution < 1.29 is 19.8 Å². The van der Waals surface area contributed by atoms with E-state index in [1.54, 1.807) is 29.6 Å². The highest BCUT2D eigenvalue weighted by atomic mass is 32.1. The third-order valence-corrected chi connectivity index (χ3v) is 3.36. The summed E-state index contributed by atoms with van der Waals surface area (Å²) in [5.41, 5.74) is 1.36. The fourth-order valence-corrected chi connectivity index (χ4v) is 2.25. The molecule has 1 aromatic carbocycles. The van der Waals surface area contributed by atoms with Crippen LogP contribution >= 0.6 is 23.6 Å². The van der Waals surface area contributed by atoms with Gasteiger partial charge in [-0.2, -0.15) is 4.73 Å². The van der Waals surface area contributed by atoms with Gasteiger partial charge in [0, 0.05) is 10.9 Å². The highest BCUT2D eigenvalue weighted by Gasteiger charge is 2.06. The summed E-state index contributed by atoms with van der Waals surface area (Å²) >= 11 is 6.17. The molecule has 0 saturated carbocycles. The topological polar surface area (TPSA) is 71.7 Å². The molecule has 2 N–H and O–H groups in total. The van der Waals surface area contributed by atoms with Crippen molar-refractivity contribution in [3.05, 3.63) is 33.6 Å². The van der Waals surface area contributed by atoms with E-state index in [2.05, 4.69) is 0 Å². The Morgan fingerprint density at radius 3 is 2.56 bits per heavy atom. The van der Waals surface area contributed by atoms with Gasteiger partial charge in [-0.05, 0) is 36.5 Å². The summed E-state index contributed by atoms with van der Waals surface area (Å²) in [5.74, 6) is -0.569. The molecule has 0 fully saturated rings. The van der Waals surface area contributed by atoms with E-state index in [-0.39, 0.29) is 6.61 Å². The fourth-order valence-electron chi connectivity index (χ4n) is 1.36. The minimum Gasteiger partial charge on any atom is -0.482 e. The standard InChI is InChI=1S/C11H9NO4S2/c13-10(14)5-16-8-3-1-7(2-4-8)9-6-18-11(17)12(9)15/h1-4,6,15H,5H2,(H,13,14). The quantitative estimate of drug-likeness (QED) is 0.666. The van der Waals surface area contributed by atoms with Gasteiger partial charge in [-0.15, -0.1) is 11.3 Å². The van der Waals surface area contributed by atoms with Gasteiger partial charge in [0.2, 0.25) is 0 Å². The summed E-state index contributed by atoms with van der Waals surface area (Å²) in [6, 6.07) is 6.72. The van der Waals surface area contributed by atoms with Crippen LogP contribution in [-0.4, -0.2) is 27.6 Å². The van der Waals surface area contributed by atoms with Gasteiger partial charge >= 0.3 is 5.97 Å². The molecule has 0 radical (unpaired) electrons. The van der Waals surface area contributed by atoms with E-state index in [1.165, 1.54) is 11.3 Å². The number of benzene rings is 1. The molecule has 2 rings (SSSR count). The summed E-state index contributed by atoms with van der Waals surface area (Å²) in [6.07, 6.45) is 0. The maximum atomic E-state index is 10.3. The summed E-state index contributed by atoms with van der Waals surface area (Å²) in [4.78, 5) is 10.3. The molecule has 18 heavy (non-hydrogen) atoms. The van der Waals surface area contributed by atoms with Crippen molar-refractivity contribution in [3.8, 4) is 17.0 Å². The van der Waals surface area contributed by atoms with Crippen molar-refractivity contribution in [2.24, 2.45) is 0 Å². The van der Waals surface area contributed by atoms with E-state index < -0.39 is 5.97 Å². The van der Waals surface area contributed by atoms with Crippen molar-refractivity contribution in [1.29, 1.82) is 0 Å². The van der Waals surface area contributed by atoms with Crippen molar-refractivity contribution >= 4 is 29.5 Å². The van der Waals surface area contributed by atoms with Gasteiger partial charge in [0.05, 0.1) is 5.69 Å². The largest absolute Gasteiger partial charge is 0.482 e. The Bertz CT molecular complexity index is 615. The first-order valence-corrected chi connectivity index (χ1v) is 6.21. The number of thiazole rings is 1. The molecule has 1 heterocycles. The number of ether oxygens (including phenoxy) is 1. The molecule has 0 aliphatic heterocycles. The Hall–Kier alpha value is -1.86. The van der Waals surface area contributed by atoms with E-state index in [0.29, 0.717) is 15.4 Å². The average molecular weight is 283 g/mol. The third-order valence-electron chi connectivity index (χ3n) is 2.18. The van der Waals surface area contributed by atoms with Crippen molar-refractivity contribution in [1.82, 2.24) is 4.73 Å². The number of aliphatic carboxylic acids is 1. The van der Waals surface area contributed by atoms with Gasteiger partial charge in [0.1, 0.15) is 5.75 Å². The number of rotatable bonds is 4. The molecule has 1 aromatic heterocycles. The van der Waals surface area contributed by atoms with Crippen LogP contribution in [0.2, 0.25) is 0 Å². The second kappa shape index (κ2) is 5.19. The number of carboxylic acids is 1. The smallest absolute Gasteiger partial charge is 0.341 e. The zero-order valence-electron chi connectivity index (χ0n) is 9.07. The van der Waals surface area contributed by atoms with Crippen LogP contribution in [0.4, 0.5) is 0 Å². The number of carbonyl (C=O) groups is 1. The van der Waals surface area contributed by atoms with Crippen LogP contribution in [0.1, 0.15) is 0 Å². The number of carboxylic acid groups (broad SMARTS) is 1. The van der Waals surface area contributed by atoms with Crippen molar-refractivity contribution in [3.63, 3.8) is 0 Å². The van der Waals surface area contributed by atoms with Crippen LogP contribution < -0.4 is 4.74 Å². The monoisotopic (exact) mass is 283 g/mol. The van der Waals surface area contributed by atoms with Crippen LogP contribution in [0, 0.1) is 3.95 Å². The van der Waals surface area contributed by atoms with E-state index in [1.807, 2.05) is 0 Å². The molecule has 0 saturated heterocycles. The van der Waals surface area contributed by atoms with Gasteiger partial charge in [-0.25, -0.2) is 4.79 Å². The van der Waals surface area contributed by atoms with Crippen LogP contribution in [0.3, 0.4) is 0 Å². The molecule has 0 atom stereocenters. The minimum absolute atomic E-state index is 0.371. The highest BCUT2D eigenvalue weighted by Crippen LogP contribution is 2.24. The summed E-state index contributed by atoms with van der Waals surface area (Å²) in [7, 11) is 0. The van der Waals surface area contributed by atoms with Crippen LogP contribution in [0.5, 0.6) is 5.75 Å². The zero-order chi connectivity index (χ0) is 13.1. The van der Waals surface area contributed by atoms with E-state index >= 15 is 0 Å². The lowest BCUT2D eigenvalue weighted by Crippen LogP contribution is -2.09. The number of aromatic nitrogens is 1. The zero-order valence-corrected chi connectivity index (χ0v) is 10.7. The lowest BCUT2D eigenvalue weighted by Gasteiger charge is -2.05. The van der Waals surface area contributed by atoms with Gasteiger partial charge < -0.3 is 15.1 Å². The Labute approximate surface area is 111 Å². The molecule has 0 bridgehead atoms. The van der Waals surface area contributed by atoms with E-state index in [9.17, 15) is 10.0 Å². The molecule has 0 spiro atoms. The Morgan fingerprint density at radius 2 is 2.06 bits per heavy atom. The Kier molecular flexibility index (Phi) is 3.63. The molecular formula is C11H9NO4S2. The van der Waals surface area contributed by atoms with Crippen LogP contribution in [0.25, 0.3) is 11.3 Å². The van der Waals surface area contributed by atoms with Crippen molar-refractivity contribution in [2.75, 3.05) is 6.61 Å². The normalized spacial score (nSPS) is 10.2. The summed E-state index contributed by atoms with van der Waals surface area (Å²) < 4.78 is 6.32. The molecule has 0 amide bonds. The predicted molar refractivity (Wildman–Crippen MR) is 68.9 cm³/mol. The molecule has 0 aliphatic carbocycles. The molecule has 0 unspecified atom stereocenters. The van der Waals surface area contributed by atoms with Crippen LogP contribution in [0.15, 0.2) is 29.6 Å². The summed E-state index contributed by atoms with van der Waals surface area (Å²) in [5, 5.41) is 19.9. The minimum atomic E-state index is -1.03. The molecule has 2 aromatic rings. The number of hydrogen-bond acceptors (Lipinski definition) is 5. The lowest BCUT2D eigenvalue weighted by molar-refractivity contribution is -0.139. The van der Waals surface area contributed by atoms with Gasteiger partial charge in [-0.3, -0.25) is 0 Å². The maximum absolute atomic E-state index is 10.3. The molecule has 94 valence electrons.